The number of nitrogens with zero attached hydrogens (tertiary/aromatic N) is 1. The first-order valence-electron chi connectivity index (χ1n) is 7.16. The van der Waals surface area contributed by atoms with Crippen LogP contribution in [0.1, 0.15) is 46.0 Å². The summed E-state index contributed by atoms with van der Waals surface area (Å²) < 4.78 is 6.08. The normalized spacial score (nSPS) is 33.9. The molecule has 2 rings (SSSR count). The average molecular weight is 240 g/mol. The maximum absolute atomic E-state index is 6.08. The van der Waals surface area contributed by atoms with Crippen LogP contribution < -0.4 is 5.32 Å². The fourth-order valence-electron chi connectivity index (χ4n) is 3.12. The van der Waals surface area contributed by atoms with E-state index in [2.05, 4.69) is 31.1 Å². The lowest BCUT2D eigenvalue weighted by Crippen LogP contribution is -2.38. The van der Waals surface area contributed by atoms with Crippen LogP contribution >= 0.6 is 0 Å². The van der Waals surface area contributed by atoms with Crippen LogP contribution in [0.5, 0.6) is 0 Å². The first kappa shape index (κ1) is 13.3. The van der Waals surface area contributed by atoms with Crippen molar-refractivity contribution in [3.8, 4) is 0 Å². The summed E-state index contributed by atoms with van der Waals surface area (Å²) in [6.45, 7) is 7.89. The van der Waals surface area contributed by atoms with Crippen molar-refractivity contribution >= 4 is 0 Å². The first-order chi connectivity index (χ1) is 8.07. The first-order valence-corrected chi connectivity index (χ1v) is 7.16. The molecule has 0 bridgehead atoms. The van der Waals surface area contributed by atoms with Gasteiger partial charge in [-0.1, -0.05) is 0 Å². The highest BCUT2D eigenvalue weighted by atomic mass is 16.5. The molecule has 2 atom stereocenters. The topological polar surface area (TPSA) is 24.5 Å². The van der Waals surface area contributed by atoms with Gasteiger partial charge in [0.25, 0.3) is 0 Å². The molecule has 0 radical (unpaired) electrons. The van der Waals surface area contributed by atoms with Crippen molar-refractivity contribution < 1.29 is 4.74 Å². The summed E-state index contributed by atoms with van der Waals surface area (Å²) in [6, 6.07) is 0.748. The van der Waals surface area contributed by atoms with E-state index in [9.17, 15) is 0 Å². The molecule has 0 aromatic carbocycles. The summed E-state index contributed by atoms with van der Waals surface area (Å²) >= 11 is 0. The van der Waals surface area contributed by atoms with Crippen molar-refractivity contribution in [2.24, 2.45) is 0 Å². The van der Waals surface area contributed by atoms with Gasteiger partial charge in [0.05, 0.1) is 11.7 Å². The number of hydrogen-bond acceptors (Lipinski definition) is 3. The molecular formula is C14H28N2O. The molecule has 2 fully saturated rings. The molecule has 0 aromatic rings. The number of likely N-dealkylation sites (N-methyl/N-ethyl adjacent to an activating group) is 1. The highest BCUT2D eigenvalue weighted by Crippen LogP contribution is 2.30. The quantitative estimate of drug-likeness (QED) is 0.817. The Morgan fingerprint density at radius 1 is 1.24 bits per heavy atom. The van der Waals surface area contributed by atoms with Crippen LogP contribution in [0, 0.1) is 0 Å². The Balaban J connectivity index is 1.78. The zero-order valence-electron chi connectivity index (χ0n) is 11.7. The Labute approximate surface area is 106 Å². The Bertz CT molecular complexity index is 234. The van der Waals surface area contributed by atoms with Gasteiger partial charge >= 0.3 is 0 Å². The van der Waals surface area contributed by atoms with Crippen molar-refractivity contribution in [2.45, 2.75) is 63.7 Å². The molecule has 0 saturated carbocycles. The molecule has 0 spiro atoms. The van der Waals surface area contributed by atoms with Gasteiger partial charge < -0.3 is 15.0 Å². The van der Waals surface area contributed by atoms with E-state index in [0.29, 0.717) is 6.10 Å². The highest BCUT2D eigenvalue weighted by Gasteiger charge is 2.33. The molecule has 17 heavy (non-hydrogen) atoms. The van der Waals surface area contributed by atoms with Crippen LogP contribution in [0.3, 0.4) is 0 Å². The second kappa shape index (κ2) is 5.68. The molecular weight excluding hydrogens is 212 g/mol. The van der Waals surface area contributed by atoms with E-state index >= 15 is 0 Å². The summed E-state index contributed by atoms with van der Waals surface area (Å²) in [6.07, 6.45) is 6.81. The third kappa shape index (κ3) is 3.94. The van der Waals surface area contributed by atoms with Crippen LogP contribution in [-0.2, 0) is 4.74 Å². The largest absolute Gasteiger partial charge is 0.371 e. The van der Waals surface area contributed by atoms with Crippen LogP contribution in [0.15, 0.2) is 0 Å². The van der Waals surface area contributed by atoms with E-state index in [-0.39, 0.29) is 5.60 Å². The fraction of sp³-hybridized carbons (Fsp3) is 1.00. The Morgan fingerprint density at radius 3 is 2.76 bits per heavy atom. The summed E-state index contributed by atoms with van der Waals surface area (Å²) in [4.78, 5) is 2.53. The minimum absolute atomic E-state index is 0.108. The van der Waals surface area contributed by atoms with E-state index in [1.54, 1.807) is 0 Å². The summed E-state index contributed by atoms with van der Waals surface area (Å²) in [5.74, 6) is 0. The predicted molar refractivity (Wildman–Crippen MR) is 71.3 cm³/mol. The molecule has 2 saturated heterocycles. The number of ether oxygens (including phenoxy) is 1. The lowest BCUT2D eigenvalue weighted by molar-refractivity contribution is -0.0306. The Hall–Kier alpha value is -0.120. The van der Waals surface area contributed by atoms with Crippen molar-refractivity contribution in [3.63, 3.8) is 0 Å². The molecule has 0 aromatic heterocycles. The lowest BCUT2D eigenvalue weighted by atomic mass is 10.0. The zero-order valence-corrected chi connectivity index (χ0v) is 11.7. The average Bonchev–Trinajstić information content (AvgIpc) is 2.52. The Morgan fingerprint density at radius 2 is 2.06 bits per heavy atom. The van der Waals surface area contributed by atoms with Gasteiger partial charge in [-0.05, 0) is 66.1 Å². The standard InChI is InChI=1S/C14H28N2O/c1-14(2)8-6-13(17-14)11-16(3)12-5-4-9-15-10-7-12/h12-13,15H,4-11H2,1-3H3. The lowest BCUT2D eigenvalue weighted by Gasteiger charge is -2.30. The molecule has 2 aliphatic rings. The minimum Gasteiger partial charge on any atom is -0.371 e. The van der Waals surface area contributed by atoms with Gasteiger partial charge in [-0.3, -0.25) is 0 Å². The van der Waals surface area contributed by atoms with Crippen LogP contribution in [0.4, 0.5) is 0 Å². The maximum Gasteiger partial charge on any atom is 0.0710 e. The molecule has 2 aliphatic heterocycles. The predicted octanol–water partition coefficient (Wildman–Crippen LogP) is 2.02. The van der Waals surface area contributed by atoms with Gasteiger partial charge in [-0.25, -0.2) is 0 Å². The fourth-order valence-corrected chi connectivity index (χ4v) is 3.12. The van der Waals surface area contributed by atoms with Crippen molar-refractivity contribution in [1.82, 2.24) is 10.2 Å². The Kier molecular flexibility index (Phi) is 4.45. The van der Waals surface area contributed by atoms with E-state index < -0.39 is 0 Å². The number of hydrogen-bond donors (Lipinski definition) is 1. The third-order valence-electron chi connectivity index (χ3n) is 4.21. The zero-order chi connectivity index (χ0) is 12.3. The van der Waals surface area contributed by atoms with E-state index in [0.717, 1.165) is 12.6 Å². The SMILES string of the molecule is CN(CC1CCC(C)(C)O1)C1CCCNCC1. The third-order valence-corrected chi connectivity index (χ3v) is 4.21. The smallest absolute Gasteiger partial charge is 0.0710 e. The number of nitrogens with one attached hydrogen (secondary N) is 1. The van der Waals surface area contributed by atoms with Crippen LogP contribution in [-0.4, -0.2) is 49.3 Å². The summed E-state index contributed by atoms with van der Waals surface area (Å²) in [5.41, 5.74) is 0.108. The van der Waals surface area contributed by atoms with Crippen LogP contribution in [0.25, 0.3) is 0 Å². The van der Waals surface area contributed by atoms with Gasteiger partial charge in [0.2, 0.25) is 0 Å². The number of rotatable bonds is 3. The van der Waals surface area contributed by atoms with Gasteiger partial charge in [0.15, 0.2) is 0 Å². The van der Waals surface area contributed by atoms with Gasteiger partial charge in [0.1, 0.15) is 0 Å². The maximum atomic E-state index is 6.08. The van der Waals surface area contributed by atoms with Gasteiger partial charge in [0, 0.05) is 12.6 Å². The van der Waals surface area contributed by atoms with E-state index in [4.69, 9.17) is 4.74 Å². The molecule has 2 unspecified atom stereocenters. The highest BCUT2D eigenvalue weighted by molar-refractivity contribution is 4.84. The second-order valence-corrected chi connectivity index (χ2v) is 6.31. The molecule has 100 valence electrons. The monoisotopic (exact) mass is 240 g/mol. The molecule has 0 aliphatic carbocycles. The van der Waals surface area contributed by atoms with Gasteiger partial charge in [-0.2, -0.15) is 0 Å². The van der Waals surface area contributed by atoms with Crippen molar-refractivity contribution in [3.05, 3.63) is 0 Å². The molecule has 0 amide bonds. The minimum atomic E-state index is 0.108. The van der Waals surface area contributed by atoms with E-state index in [1.807, 2.05) is 0 Å². The summed E-state index contributed by atoms with van der Waals surface area (Å²) in [5, 5.41) is 3.48. The van der Waals surface area contributed by atoms with Gasteiger partial charge in [-0.15, -0.1) is 0 Å². The molecule has 3 nitrogen and oxygen atoms in total. The van der Waals surface area contributed by atoms with Crippen LogP contribution in [0.2, 0.25) is 0 Å². The second-order valence-electron chi connectivity index (χ2n) is 6.31. The molecule has 3 heteroatoms. The molecule has 1 N–H and O–H groups in total. The molecule has 2 heterocycles. The van der Waals surface area contributed by atoms with E-state index in [1.165, 1.54) is 45.2 Å². The summed E-state index contributed by atoms with van der Waals surface area (Å²) in [7, 11) is 2.27. The van der Waals surface area contributed by atoms with Crippen molar-refractivity contribution in [1.29, 1.82) is 0 Å². The van der Waals surface area contributed by atoms with Crippen molar-refractivity contribution in [2.75, 3.05) is 26.7 Å².